The van der Waals surface area contributed by atoms with Gasteiger partial charge < -0.3 is 5.11 Å². The molecular weight excluding hydrogens is 332 g/mol. The van der Waals surface area contributed by atoms with Crippen molar-refractivity contribution >= 4 is 11.9 Å². The van der Waals surface area contributed by atoms with E-state index in [0.717, 1.165) is 39.3 Å². The molecule has 140 valence electrons. The van der Waals surface area contributed by atoms with Crippen LogP contribution >= 0.6 is 0 Å². The fourth-order valence-corrected chi connectivity index (χ4v) is 3.01. The summed E-state index contributed by atoms with van der Waals surface area (Å²) in [6.07, 6.45) is 1.60. The van der Waals surface area contributed by atoms with Gasteiger partial charge in [-0.2, -0.15) is 0 Å². The van der Waals surface area contributed by atoms with Gasteiger partial charge in [0.15, 0.2) is 0 Å². The zero-order valence-corrected chi connectivity index (χ0v) is 15.1. The van der Waals surface area contributed by atoms with Gasteiger partial charge >= 0.3 is 0 Å². The van der Waals surface area contributed by atoms with Crippen LogP contribution in [0.3, 0.4) is 0 Å². The molecule has 0 saturated carbocycles. The van der Waals surface area contributed by atoms with E-state index in [4.69, 9.17) is 5.11 Å². The number of hydrogen-bond acceptors (Lipinski definition) is 6. The standard InChI is InChI=1S/C18H26N6O2/c1-2-24-14-19-18(21-24)20-17(26)16-5-3-15(4-6-16)13-23-9-7-22(8-10-23)11-12-25/h3-6,14,25H,2,7-13H2,1H3,(H,20,21,26). The van der Waals surface area contributed by atoms with Crippen molar-refractivity contribution in [1.82, 2.24) is 24.6 Å². The highest BCUT2D eigenvalue weighted by atomic mass is 16.3. The molecule has 1 aliphatic rings. The van der Waals surface area contributed by atoms with Crippen molar-refractivity contribution in [2.45, 2.75) is 20.0 Å². The Labute approximate surface area is 153 Å². The highest BCUT2D eigenvalue weighted by Crippen LogP contribution is 2.11. The van der Waals surface area contributed by atoms with Crippen molar-refractivity contribution in [2.75, 3.05) is 44.6 Å². The topological polar surface area (TPSA) is 86.5 Å². The summed E-state index contributed by atoms with van der Waals surface area (Å²) in [7, 11) is 0. The fourth-order valence-electron chi connectivity index (χ4n) is 3.01. The van der Waals surface area contributed by atoms with Crippen LogP contribution in [0, 0.1) is 0 Å². The highest BCUT2D eigenvalue weighted by Gasteiger charge is 2.16. The maximum Gasteiger partial charge on any atom is 0.258 e. The molecule has 3 rings (SSSR count). The molecule has 1 aliphatic heterocycles. The van der Waals surface area contributed by atoms with E-state index in [9.17, 15) is 4.79 Å². The highest BCUT2D eigenvalue weighted by molar-refractivity contribution is 6.03. The van der Waals surface area contributed by atoms with Crippen molar-refractivity contribution < 1.29 is 9.90 Å². The largest absolute Gasteiger partial charge is 0.395 e. The van der Waals surface area contributed by atoms with E-state index in [1.54, 1.807) is 11.0 Å². The van der Waals surface area contributed by atoms with Gasteiger partial charge in [-0.25, -0.2) is 4.98 Å². The lowest BCUT2D eigenvalue weighted by Crippen LogP contribution is -2.46. The van der Waals surface area contributed by atoms with Crippen LogP contribution < -0.4 is 5.32 Å². The molecule has 0 radical (unpaired) electrons. The van der Waals surface area contributed by atoms with Gasteiger partial charge in [-0.3, -0.25) is 24.6 Å². The van der Waals surface area contributed by atoms with Crippen molar-refractivity contribution in [3.63, 3.8) is 0 Å². The first-order valence-corrected chi connectivity index (χ1v) is 9.03. The summed E-state index contributed by atoms with van der Waals surface area (Å²) in [4.78, 5) is 21.0. The zero-order valence-electron chi connectivity index (χ0n) is 15.1. The maximum absolute atomic E-state index is 12.3. The van der Waals surface area contributed by atoms with Crippen LogP contribution in [0.1, 0.15) is 22.8 Å². The number of benzene rings is 1. The molecule has 1 amide bonds. The van der Waals surface area contributed by atoms with Crippen LogP contribution in [0.15, 0.2) is 30.6 Å². The lowest BCUT2D eigenvalue weighted by Gasteiger charge is -2.34. The number of aryl methyl sites for hydroxylation is 1. The number of nitrogens with zero attached hydrogens (tertiary/aromatic N) is 5. The molecular formula is C18H26N6O2. The normalized spacial score (nSPS) is 15.9. The van der Waals surface area contributed by atoms with E-state index in [2.05, 4.69) is 25.2 Å². The molecule has 2 N–H and O–H groups in total. The Morgan fingerprint density at radius 1 is 1.15 bits per heavy atom. The second-order valence-corrected chi connectivity index (χ2v) is 6.42. The number of anilines is 1. The van der Waals surface area contributed by atoms with Gasteiger partial charge in [0, 0.05) is 51.4 Å². The summed E-state index contributed by atoms with van der Waals surface area (Å²) >= 11 is 0. The number of hydrogen-bond donors (Lipinski definition) is 2. The van der Waals surface area contributed by atoms with Crippen molar-refractivity contribution in [3.05, 3.63) is 41.7 Å². The van der Waals surface area contributed by atoms with Gasteiger partial charge in [-0.15, -0.1) is 5.10 Å². The van der Waals surface area contributed by atoms with Crippen LogP contribution in [-0.2, 0) is 13.1 Å². The molecule has 2 heterocycles. The average molecular weight is 358 g/mol. The molecule has 0 atom stereocenters. The molecule has 2 aromatic rings. The first-order chi connectivity index (χ1) is 12.7. The molecule has 0 bridgehead atoms. The van der Waals surface area contributed by atoms with E-state index in [1.165, 1.54) is 5.56 Å². The summed E-state index contributed by atoms with van der Waals surface area (Å²) in [5.74, 6) is 0.115. The monoisotopic (exact) mass is 358 g/mol. The predicted octanol–water partition coefficient (Wildman–Crippen LogP) is 0.660. The number of amides is 1. The summed E-state index contributed by atoms with van der Waals surface area (Å²) < 4.78 is 1.67. The zero-order chi connectivity index (χ0) is 18.4. The Morgan fingerprint density at radius 3 is 2.46 bits per heavy atom. The van der Waals surface area contributed by atoms with Crippen LogP contribution in [0.5, 0.6) is 0 Å². The second kappa shape index (κ2) is 8.88. The molecule has 1 fully saturated rings. The van der Waals surface area contributed by atoms with Crippen LogP contribution in [0.25, 0.3) is 0 Å². The van der Waals surface area contributed by atoms with Gasteiger partial charge in [0.1, 0.15) is 6.33 Å². The van der Waals surface area contributed by atoms with Gasteiger partial charge in [0.2, 0.25) is 5.95 Å². The van der Waals surface area contributed by atoms with Crippen LogP contribution in [0.2, 0.25) is 0 Å². The van der Waals surface area contributed by atoms with E-state index >= 15 is 0 Å². The minimum Gasteiger partial charge on any atom is -0.395 e. The molecule has 1 aromatic carbocycles. The molecule has 1 aromatic heterocycles. The number of aromatic nitrogens is 3. The third kappa shape index (κ3) is 4.87. The van der Waals surface area contributed by atoms with E-state index < -0.39 is 0 Å². The number of aliphatic hydroxyl groups excluding tert-OH is 1. The van der Waals surface area contributed by atoms with Gasteiger partial charge in [-0.1, -0.05) is 12.1 Å². The Balaban J connectivity index is 1.51. The second-order valence-electron chi connectivity index (χ2n) is 6.42. The predicted molar refractivity (Wildman–Crippen MR) is 98.9 cm³/mol. The number of aliphatic hydroxyl groups is 1. The van der Waals surface area contributed by atoms with Crippen molar-refractivity contribution in [1.29, 1.82) is 0 Å². The van der Waals surface area contributed by atoms with E-state index in [0.29, 0.717) is 18.1 Å². The van der Waals surface area contributed by atoms with E-state index in [1.807, 2.05) is 31.2 Å². The Morgan fingerprint density at radius 2 is 1.85 bits per heavy atom. The number of β-amino-alcohol motifs (C(OH)–C–C–N with tert-alkyl or cyclic N) is 1. The number of carbonyl (C=O) groups excluding carboxylic acids is 1. The number of nitrogens with one attached hydrogen (secondary N) is 1. The molecule has 0 spiro atoms. The molecule has 0 unspecified atom stereocenters. The summed E-state index contributed by atoms with van der Waals surface area (Å²) in [5, 5.41) is 15.9. The van der Waals surface area contributed by atoms with Crippen molar-refractivity contribution in [3.8, 4) is 0 Å². The minimum atomic E-state index is -0.206. The maximum atomic E-state index is 12.3. The molecule has 8 heteroatoms. The SMILES string of the molecule is CCn1cnc(NC(=O)c2ccc(CN3CCN(CCO)CC3)cc2)n1. The number of rotatable bonds is 7. The average Bonchev–Trinajstić information content (AvgIpc) is 3.12. The van der Waals surface area contributed by atoms with Crippen LogP contribution in [0.4, 0.5) is 5.95 Å². The lowest BCUT2D eigenvalue weighted by atomic mass is 10.1. The number of piperazine rings is 1. The molecule has 26 heavy (non-hydrogen) atoms. The lowest BCUT2D eigenvalue weighted by molar-refractivity contribution is 0.102. The Kier molecular flexibility index (Phi) is 6.32. The summed E-state index contributed by atoms with van der Waals surface area (Å²) in [5.41, 5.74) is 1.78. The van der Waals surface area contributed by atoms with Gasteiger partial charge in [-0.05, 0) is 24.6 Å². The molecule has 8 nitrogen and oxygen atoms in total. The van der Waals surface area contributed by atoms with Crippen LogP contribution in [-0.4, -0.2) is 74.9 Å². The first kappa shape index (κ1) is 18.5. The Bertz CT molecular complexity index is 707. The molecule has 0 aliphatic carbocycles. The quantitative estimate of drug-likeness (QED) is 0.756. The van der Waals surface area contributed by atoms with Gasteiger partial charge in [0.05, 0.1) is 6.61 Å². The molecule has 1 saturated heterocycles. The minimum absolute atomic E-state index is 0.206. The van der Waals surface area contributed by atoms with Crippen molar-refractivity contribution in [2.24, 2.45) is 0 Å². The summed E-state index contributed by atoms with van der Waals surface area (Å²) in [6, 6.07) is 7.66. The fraction of sp³-hybridized carbons (Fsp3) is 0.500. The third-order valence-electron chi connectivity index (χ3n) is 4.59. The van der Waals surface area contributed by atoms with E-state index in [-0.39, 0.29) is 12.5 Å². The Hall–Kier alpha value is -2.29. The third-order valence-corrected chi connectivity index (χ3v) is 4.59. The summed E-state index contributed by atoms with van der Waals surface area (Å²) in [6.45, 7) is 8.48. The number of carbonyl (C=O) groups is 1. The van der Waals surface area contributed by atoms with Gasteiger partial charge in [0.25, 0.3) is 5.91 Å². The smallest absolute Gasteiger partial charge is 0.258 e. The first-order valence-electron chi connectivity index (χ1n) is 9.03.